The standard InChI is InChI=1S/C11H24N2/c1-10(2,3)11(4,5)13-8-6-12-7-9-13/h12H,6-9H2,1-5H3. The van der Waals surface area contributed by atoms with Gasteiger partial charge in [0.25, 0.3) is 0 Å². The molecule has 1 saturated heterocycles. The molecule has 2 nitrogen and oxygen atoms in total. The van der Waals surface area contributed by atoms with Crippen LogP contribution in [0.4, 0.5) is 0 Å². The molecule has 0 atom stereocenters. The van der Waals surface area contributed by atoms with Crippen LogP contribution >= 0.6 is 0 Å². The van der Waals surface area contributed by atoms with Gasteiger partial charge in [-0.2, -0.15) is 0 Å². The first-order valence-electron chi connectivity index (χ1n) is 5.31. The zero-order valence-corrected chi connectivity index (χ0v) is 9.78. The third-order valence-electron chi connectivity index (χ3n) is 3.74. The zero-order chi connectivity index (χ0) is 10.1. The maximum atomic E-state index is 3.40. The van der Waals surface area contributed by atoms with E-state index in [0.29, 0.717) is 11.0 Å². The number of hydrogen-bond acceptors (Lipinski definition) is 2. The van der Waals surface area contributed by atoms with Crippen molar-refractivity contribution in [2.75, 3.05) is 26.2 Å². The van der Waals surface area contributed by atoms with E-state index in [1.54, 1.807) is 0 Å². The monoisotopic (exact) mass is 184 g/mol. The minimum absolute atomic E-state index is 0.301. The average Bonchev–Trinajstić information content (AvgIpc) is 2.04. The molecule has 1 aliphatic rings. The molecule has 1 aliphatic heterocycles. The van der Waals surface area contributed by atoms with Crippen molar-refractivity contribution in [3.63, 3.8) is 0 Å². The molecule has 0 amide bonds. The van der Waals surface area contributed by atoms with Crippen molar-refractivity contribution in [1.29, 1.82) is 0 Å². The average molecular weight is 184 g/mol. The molecule has 0 saturated carbocycles. The summed E-state index contributed by atoms with van der Waals surface area (Å²) in [5.74, 6) is 0. The van der Waals surface area contributed by atoms with Crippen LogP contribution in [0.15, 0.2) is 0 Å². The van der Waals surface area contributed by atoms with E-state index in [1.807, 2.05) is 0 Å². The second-order valence-corrected chi connectivity index (χ2v) is 5.55. The fraction of sp³-hybridized carbons (Fsp3) is 1.00. The van der Waals surface area contributed by atoms with Crippen LogP contribution in [-0.4, -0.2) is 36.6 Å². The molecule has 0 aromatic carbocycles. The normalized spacial score (nSPS) is 21.9. The topological polar surface area (TPSA) is 15.3 Å². The van der Waals surface area contributed by atoms with Crippen LogP contribution in [0.25, 0.3) is 0 Å². The summed E-state index contributed by atoms with van der Waals surface area (Å²) < 4.78 is 0. The van der Waals surface area contributed by atoms with Gasteiger partial charge in [-0.15, -0.1) is 0 Å². The van der Waals surface area contributed by atoms with Gasteiger partial charge in [0.2, 0.25) is 0 Å². The first kappa shape index (κ1) is 11.0. The summed E-state index contributed by atoms with van der Waals surface area (Å²) in [5, 5.41) is 3.40. The van der Waals surface area contributed by atoms with E-state index in [-0.39, 0.29) is 0 Å². The van der Waals surface area contributed by atoms with Gasteiger partial charge in [-0.3, -0.25) is 4.90 Å². The maximum Gasteiger partial charge on any atom is 0.0202 e. The highest BCUT2D eigenvalue weighted by Crippen LogP contribution is 2.34. The Labute approximate surface area is 82.7 Å². The van der Waals surface area contributed by atoms with Crippen LogP contribution < -0.4 is 5.32 Å². The Kier molecular flexibility index (Phi) is 3.03. The van der Waals surface area contributed by atoms with E-state index >= 15 is 0 Å². The van der Waals surface area contributed by atoms with Crippen LogP contribution in [0.5, 0.6) is 0 Å². The minimum Gasteiger partial charge on any atom is -0.314 e. The molecule has 0 aromatic rings. The summed E-state index contributed by atoms with van der Waals surface area (Å²) in [6.45, 7) is 16.4. The smallest absolute Gasteiger partial charge is 0.0202 e. The summed E-state index contributed by atoms with van der Waals surface area (Å²) in [7, 11) is 0. The van der Waals surface area contributed by atoms with Gasteiger partial charge in [-0.1, -0.05) is 20.8 Å². The second-order valence-electron chi connectivity index (χ2n) is 5.55. The lowest BCUT2D eigenvalue weighted by Crippen LogP contribution is -2.58. The predicted octanol–water partition coefficient (Wildman–Crippen LogP) is 1.72. The SMILES string of the molecule is CC(C)(C)C(C)(C)N1CCNCC1. The van der Waals surface area contributed by atoms with Crippen LogP contribution in [0.2, 0.25) is 0 Å². The molecule has 1 fully saturated rings. The van der Waals surface area contributed by atoms with Gasteiger partial charge < -0.3 is 5.32 Å². The number of piperazine rings is 1. The molecule has 0 radical (unpaired) electrons. The van der Waals surface area contributed by atoms with Crippen LogP contribution in [0.1, 0.15) is 34.6 Å². The Bertz CT molecular complexity index is 161. The number of rotatable bonds is 1. The molecule has 1 N–H and O–H groups in total. The van der Waals surface area contributed by atoms with Crippen LogP contribution in [-0.2, 0) is 0 Å². The largest absolute Gasteiger partial charge is 0.314 e. The van der Waals surface area contributed by atoms with Gasteiger partial charge >= 0.3 is 0 Å². The fourth-order valence-corrected chi connectivity index (χ4v) is 1.70. The number of nitrogens with one attached hydrogen (secondary N) is 1. The van der Waals surface area contributed by atoms with Gasteiger partial charge in [0.1, 0.15) is 0 Å². The lowest BCUT2D eigenvalue weighted by Gasteiger charge is -2.49. The van der Waals surface area contributed by atoms with Crippen molar-refractivity contribution < 1.29 is 0 Å². The summed E-state index contributed by atoms with van der Waals surface area (Å²) in [6.07, 6.45) is 0. The van der Waals surface area contributed by atoms with E-state index in [4.69, 9.17) is 0 Å². The Hall–Kier alpha value is -0.0800. The lowest BCUT2D eigenvalue weighted by atomic mass is 9.75. The predicted molar refractivity (Wildman–Crippen MR) is 58.0 cm³/mol. The van der Waals surface area contributed by atoms with E-state index in [1.165, 1.54) is 13.1 Å². The van der Waals surface area contributed by atoms with Crippen LogP contribution in [0, 0.1) is 5.41 Å². The lowest BCUT2D eigenvalue weighted by molar-refractivity contribution is 0.0134. The van der Waals surface area contributed by atoms with Gasteiger partial charge in [0.15, 0.2) is 0 Å². The molecule has 2 heteroatoms. The molecule has 0 aromatic heterocycles. The molecule has 1 rings (SSSR count). The highest BCUT2D eigenvalue weighted by atomic mass is 15.2. The second kappa shape index (κ2) is 3.58. The maximum absolute atomic E-state index is 3.40. The summed E-state index contributed by atoms with van der Waals surface area (Å²) in [4.78, 5) is 2.60. The molecule has 13 heavy (non-hydrogen) atoms. The molecular weight excluding hydrogens is 160 g/mol. The molecule has 1 heterocycles. The van der Waals surface area contributed by atoms with Gasteiger partial charge in [0, 0.05) is 31.7 Å². The van der Waals surface area contributed by atoms with E-state index in [9.17, 15) is 0 Å². The molecule has 0 bridgehead atoms. The fourth-order valence-electron chi connectivity index (χ4n) is 1.70. The Morgan fingerprint density at radius 2 is 1.38 bits per heavy atom. The molecular formula is C11H24N2. The molecule has 0 unspecified atom stereocenters. The Morgan fingerprint density at radius 1 is 0.923 bits per heavy atom. The van der Waals surface area contributed by atoms with Crippen molar-refractivity contribution in [1.82, 2.24) is 10.2 Å². The zero-order valence-electron chi connectivity index (χ0n) is 9.78. The minimum atomic E-state index is 0.301. The number of hydrogen-bond donors (Lipinski definition) is 1. The van der Waals surface area contributed by atoms with Crippen molar-refractivity contribution in [3.05, 3.63) is 0 Å². The summed E-state index contributed by atoms with van der Waals surface area (Å²) in [6, 6.07) is 0. The number of nitrogens with zero attached hydrogens (tertiary/aromatic N) is 1. The summed E-state index contributed by atoms with van der Waals surface area (Å²) >= 11 is 0. The van der Waals surface area contributed by atoms with Gasteiger partial charge in [-0.25, -0.2) is 0 Å². The molecule has 0 spiro atoms. The van der Waals surface area contributed by atoms with Crippen molar-refractivity contribution in [2.45, 2.75) is 40.2 Å². The van der Waals surface area contributed by atoms with Crippen molar-refractivity contribution >= 4 is 0 Å². The van der Waals surface area contributed by atoms with E-state index in [0.717, 1.165) is 13.1 Å². The van der Waals surface area contributed by atoms with Crippen LogP contribution in [0.3, 0.4) is 0 Å². The first-order chi connectivity index (χ1) is 5.86. The Morgan fingerprint density at radius 3 is 1.77 bits per heavy atom. The van der Waals surface area contributed by atoms with Crippen molar-refractivity contribution in [3.8, 4) is 0 Å². The molecule has 0 aliphatic carbocycles. The quantitative estimate of drug-likeness (QED) is 0.667. The van der Waals surface area contributed by atoms with Crippen molar-refractivity contribution in [2.24, 2.45) is 5.41 Å². The van der Waals surface area contributed by atoms with E-state index < -0.39 is 0 Å². The molecule has 78 valence electrons. The first-order valence-corrected chi connectivity index (χ1v) is 5.31. The third-order valence-corrected chi connectivity index (χ3v) is 3.74. The van der Waals surface area contributed by atoms with Gasteiger partial charge in [0.05, 0.1) is 0 Å². The highest BCUT2D eigenvalue weighted by molar-refractivity contribution is 4.93. The summed E-state index contributed by atoms with van der Waals surface area (Å²) in [5.41, 5.74) is 0.652. The highest BCUT2D eigenvalue weighted by Gasteiger charge is 2.38. The van der Waals surface area contributed by atoms with E-state index in [2.05, 4.69) is 44.8 Å². The van der Waals surface area contributed by atoms with Gasteiger partial charge in [-0.05, 0) is 19.3 Å². The Balaban J connectivity index is 2.67. The third kappa shape index (κ3) is 2.23.